The van der Waals surface area contributed by atoms with E-state index in [9.17, 15) is 14.3 Å². The van der Waals surface area contributed by atoms with Gasteiger partial charge in [-0.15, -0.1) is 24.0 Å². The van der Waals surface area contributed by atoms with E-state index in [-0.39, 0.29) is 42.1 Å². The van der Waals surface area contributed by atoms with E-state index in [2.05, 4.69) is 20.9 Å². The van der Waals surface area contributed by atoms with Gasteiger partial charge in [0.2, 0.25) is 0 Å². The Bertz CT molecular complexity index is 759. The van der Waals surface area contributed by atoms with Crippen LogP contribution >= 0.6 is 24.0 Å². The third kappa shape index (κ3) is 7.43. The number of rotatable bonds is 8. The summed E-state index contributed by atoms with van der Waals surface area (Å²) in [4.78, 5) is 16.1. The number of hydrogen-bond donors (Lipinski definition) is 4. The van der Waals surface area contributed by atoms with Crippen molar-refractivity contribution in [3.05, 3.63) is 71.5 Å². The van der Waals surface area contributed by atoms with Crippen molar-refractivity contribution in [1.82, 2.24) is 16.0 Å². The highest BCUT2D eigenvalue weighted by Crippen LogP contribution is 2.13. The van der Waals surface area contributed by atoms with Crippen LogP contribution in [0.1, 0.15) is 21.8 Å². The summed E-state index contributed by atoms with van der Waals surface area (Å²) in [5.41, 5.74) is 1.06. The first-order valence-corrected chi connectivity index (χ1v) is 8.78. The van der Waals surface area contributed by atoms with Crippen LogP contribution in [-0.4, -0.2) is 50.3 Å². The fraction of sp³-hybridized carbons (Fsp3) is 0.300. The maximum absolute atomic E-state index is 13.6. The molecule has 4 N–H and O–H groups in total. The van der Waals surface area contributed by atoms with Crippen molar-refractivity contribution in [2.75, 3.05) is 33.3 Å². The fourth-order valence-corrected chi connectivity index (χ4v) is 2.55. The van der Waals surface area contributed by atoms with Crippen molar-refractivity contribution in [3.63, 3.8) is 0 Å². The molecule has 0 bridgehead atoms. The first-order valence-electron chi connectivity index (χ1n) is 8.78. The van der Waals surface area contributed by atoms with E-state index in [0.29, 0.717) is 25.6 Å². The highest BCUT2D eigenvalue weighted by molar-refractivity contribution is 14.0. The van der Waals surface area contributed by atoms with Gasteiger partial charge in [-0.25, -0.2) is 4.39 Å². The summed E-state index contributed by atoms with van der Waals surface area (Å²) in [5.74, 6) is -0.492. The summed E-state index contributed by atoms with van der Waals surface area (Å²) in [6.45, 7) is 1.28. The smallest absolute Gasteiger partial charge is 0.254 e. The summed E-state index contributed by atoms with van der Waals surface area (Å²) in [6, 6.07) is 15.6. The molecule has 0 aliphatic carbocycles. The molecule has 0 radical (unpaired) electrons. The Morgan fingerprint density at radius 2 is 1.68 bits per heavy atom. The van der Waals surface area contributed by atoms with Gasteiger partial charge in [0.25, 0.3) is 5.91 Å². The normalized spacial score (nSPS) is 11.9. The molecular formula is C20H26FIN4O2. The van der Waals surface area contributed by atoms with Gasteiger partial charge in [-0.05, 0) is 17.7 Å². The Labute approximate surface area is 181 Å². The molecule has 0 heterocycles. The summed E-state index contributed by atoms with van der Waals surface area (Å²) in [6.07, 6.45) is 0. The van der Waals surface area contributed by atoms with E-state index in [1.807, 2.05) is 30.3 Å². The molecule has 0 spiro atoms. The second-order valence-electron chi connectivity index (χ2n) is 5.91. The number of halogens is 2. The van der Waals surface area contributed by atoms with Crippen molar-refractivity contribution in [2.24, 2.45) is 4.99 Å². The van der Waals surface area contributed by atoms with Crippen LogP contribution in [0.15, 0.2) is 59.6 Å². The van der Waals surface area contributed by atoms with Crippen LogP contribution in [0.5, 0.6) is 0 Å². The summed E-state index contributed by atoms with van der Waals surface area (Å²) >= 11 is 0. The number of benzene rings is 2. The molecule has 1 amide bonds. The lowest BCUT2D eigenvalue weighted by molar-refractivity contribution is 0.0950. The van der Waals surface area contributed by atoms with E-state index in [1.165, 1.54) is 12.1 Å². The number of nitrogens with zero attached hydrogens (tertiary/aromatic N) is 1. The molecule has 28 heavy (non-hydrogen) atoms. The Hall–Kier alpha value is -2.20. The lowest BCUT2D eigenvalue weighted by atomic mass is 10.0. The number of aliphatic imine (C=N–C) groups is 1. The second kappa shape index (κ2) is 13.1. The van der Waals surface area contributed by atoms with Crippen LogP contribution in [0.2, 0.25) is 0 Å². The molecule has 0 aliphatic heterocycles. The number of nitrogens with one attached hydrogen (secondary N) is 3. The Balaban J connectivity index is 0.00000392. The number of hydrogen-bond acceptors (Lipinski definition) is 3. The van der Waals surface area contributed by atoms with Gasteiger partial charge >= 0.3 is 0 Å². The molecule has 6 nitrogen and oxygen atoms in total. The topological polar surface area (TPSA) is 85.8 Å². The number of carbonyl (C=O) groups excluding carboxylic acids is 1. The minimum atomic E-state index is -0.545. The van der Waals surface area contributed by atoms with Gasteiger partial charge in [0.05, 0.1) is 12.2 Å². The molecule has 2 aromatic carbocycles. The monoisotopic (exact) mass is 500 g/mol. The molecule has 2 aromatic rings. The van der Waals surface area contributed by atoms with Crippen LogP contribution < -0.4 is 16.0 Å². The standard InChI is InChI=1S/C20H25FN4O2.HI/c1-22-20(25-13-16(14-26)15-7-3-2-4-8-15)24-12-11-23-19(27)17-9-5-6-10-18(17)21;/h2-10,16,26H,11-14H2,1H3,(H,23,27)(H2,22,24,25);1H. The molecule has 1 atom stereocenters. The zero-order chi connectivity index (χ0) is 19.5. The Morgan fingerprint density at radius 3 is 2.32 bits per heavy atom. The maximum Gasteiger partial charge on any atom is 0.254 e. The highest BCUT2D eigenvalue weighted by atomic mass is 127. The third-order valence-corrected chi connectivity index (χ3v) is 4.05. The summed E-state index contributed by atoms with van der Waals surface area (Å²) in [7, 11) is 1.64. The SMILES string of the molecule is CN=C(NCCNC(=O)c1ccccc1F)NCC(CO)c1ccccc1.I. The van der Waals surface area contributed by atoms with Crippen LogP contribution in [0.4, 0.5) is 4.39 Å². The zero-order valence-electron chi connectivity index (χ0n) is 15.7. The van der Waals surface area contributed by atoms with E-state index in [1.54, 1.807) is 19.2 Å². The van der Waals surface area contributed by atoms with Crippen molar-refractivity contribution < 1.29 is 14.3 Å². The molecule has 2 rings (SSSR count). The molecule has 1 unspecified atom stereocenters. The van der Waals surface area contributed by atoms with Crippen LogP contribution in [0.3, 0.4) is 0 Å². The van der Waals surface area contributed by atoms with Crippen LogP contribution in [0.25, 0.3) is 0 Å². The average Bonchev–Trinajstić information content (AvgIpc) is 2.71. The molecule has 0 aromatic heterocycles. The van der Waals surface area contributed by atoms with E-state index < -0.39 is 11.7 Å². The summed E-state index contributed by atoms with van der Waals surface area (Å²) in [5, 5.41) is 18.5. The van der Waals surface area contributed by atoms with Crippen molar-refractivity contribution in [1.29, 1.82) is 0 Å². The lowest BCUT2D eigenvalue weighted by Gasteiger charge is -2.18. The first-order chi connectivity index (χ1) is 13.2. The van der Waals surface area contributed by atoms with Gasteiger partial charge < -0.3 is 21.1 Å². The van der Waals surface area contributed by atoms with Crippen LogP contribution in [0, 0.1) is 5.82 Å². The number of aliphatic hydroxyl groups excluding tert-OH is 1. The maximum atomic E-state index is 13.6. The van der Waals surface area contributed by atoms with Gasteiger partial charge in [0, 0.05) is 32.6 Å². The number of amides is 1. The molecule has 8 heteroatoms. The third-order valence-electron chi connectivity index (χ3n) is 4.05. The van der Waals surface area contributed by atoms with E-state index in [0.717, 1.165) is 5.56 Å². The Morgan fingerprint density at radius 1 is 1.04 bits per heavy atom. The largest absolute Gasteiger partial charge is 0.396 e. The van der Waals surface area contributed by atoms with E-state index in [4.69, 9.17) is 0 Å². The minimum absolute atomic E-state index is 0. The number of carbonyl (C=O) groups is 1. The minimum Gasteiger partial charge on any atom is -0.396 e. The molecular weight excluding hydrogens is 474 g/mol. The van der Waals surface area contributed by atoms with Crippen LogP contribution in [-0.2, 0) is 0 Å². The summed E-state index contributed by atoms with van der Waals surface area (Å²) < 4.78 is 13.6. The van der Waals surface area contributed by atoms with E-state index >= 15 is 0 Å². The van der Waals surface area contributed by atoms with Crippen molar-refractivity contribution in [2.45, 2.75) is 5.92 Å². The molecule has 0 fully saturated rings. The zero-order valence-corrected chi connectivity index (χ0v) is 18.0. The predicted octanol–water partition coefficient (Wildman–Crippen LogP) is 2.11. The molecule has 152 valence electrons. The first kappa shape index (κ1) is 23.8. The van der Waals surface area contributed by atoms with Gasteiger partial charge in [-0.2, -0.15) is 0 Å². The molecule has 0 saturated heterocycles. The average molecular weight is 500 g/mol. The van der Waals surface area contributed by atoms with Crippen molar-refractivity contribution in [3.8, 4) is 0 Å². The number of aliphatic hydroxyl groups is 1. The van der Waals surface area contributed by atoms with Gasteiger partial charge in [-0.1, -0.05) is 42.5 Å². The fourth-order valence-electron chi connectivity index (χ4n) is 2.55. The number of guanidine groups is 1. The van der Waals surface area contributed by atoms with Crippen molar-refractivity contribution >= 4 is 35.8 Å². The van der Waals surface area contributed by atoms with Gasteiger partial charge in [0.15, 0.2) is 5.96 Å². The quantitative estimate of drug-likeness (QED) is 0.194. The molecule has 0 saturated carbocycles. The second-order valence-corrected chi connectivity index (χ2v) is 5.91. The lowest BCUT2D eigenvalue weighted by Crippen LogP contribution is -2.43. The van der Waals surface area contributed by atoms with Gasteiger partial charge in [-0.3, -0.25) is 9.79 Å². The molecule has 0 aliphatic rings. The Kier molecular flexibility index (Phi) is 11.1. The highest BCUT2D eigenvalue weighted by Gasteiger charge is 2.11. The predicted molar refractivity (Wildman–Crippen MR) is 120 cm³/mol. The van der Waals surface area contributed by atoms with Gasteiger partial charge in [0.1, 0.15) is 5.82 Å².